The van der Waals surface area contributed by atoms with Crippen molar-refractivity contribution in [2.45, 2.75) is 13.0 Å². The fourth-order valence-electron chi connectivity index (χ4n) is 2.64. The van der Waals surface area contributed by atoms with Crippen LogP contribution in [0.5, 0.6) is 5.75 Å². The molecule has 3 aromatic rings. The van der Waals surface area contributed by atoms with Gasteiger partial charge in [0.15, 0.2) is 0 Å². The number of nitriles is 2. The Hall–Kier alpha value is -3.90. The van der Waals surface area contributed by atoms with E-state index in [-0.39, 0.29) is 0 Å². The molecule has 0 N–H and O–H groups in total. The Morgan fingerprint density at radius 3 is 2.63 bits per heavy atom. The summed E-state index contributed by atoms with van der Waals surface area (Å²) in [6.45, 7) is 0.485. The molecule has 0 amide bonds. The highest BCUT2D eigenvalue weighted by molar-refractivity contribution is 5.91. The van der Waals surface area contributed by atoms with Gasteiger partial charge in [0.2, 0.25) is 0 Å². The molecule has 0 radical (unpaired) electrons. The summed E-state index contributed by atoms with van der Waals surface area (Å²) in [5.41, 5.74) is 3.48. The van der Waals surface area contributed by atoms with Crippen LogP contribution in [0, 0.1) is 22.7 Å². The molecule has 0 fully saturated rings. The summed E-state index contributed by atoms with van der Waals surface area (Å²) < 4.78 is 6.93. The van der Waals surface area contributed by atoms with Crippen LogP contribution in [0.3, 0.4) is 0 Å². The van der Waals surface area contributed by atoms with Crippen molar-refractivity contribution in [3.05, 3.63) is 66.1 Å². The Balaban J connectivity index is 2.07. The molecule has 27 heavy (non-hydrogen) atoms. The predicted octanol–water partition coefficient (Wildman–Crippen LogP) is 3.93. The number of methoxy groups -OCH3 is 1. The first kappa shape index (κ1) is 17.9. The van der Waals surface area contributed by atoms with Crippen molar-refractivity contribution in [2.75, 3.05) is 7.11 Å². The van der Waals surface area contributed by atoms with E-state index in [0.717, 1.165) is 22.6 Å². The molecule has 0 saturated heterocycles. The Bertz CT molecular complexity index is 1020. The van der Waals surface area contributed by atoms with Crippen LogP contribution in [0.15, 0.2) is 54.9 Å². The average molecular weight is 355 g/mol. The largest absolute Gasteiger partial charge is 0.497 e. The molecule has 0 aliphatic carbocycles. The Kier molecular flexibility index (Phi) is 5.61. The van der Waals surface area contributed by atoms with E-state index >= 15 is 0 Å². The van der Waals surface area contributed by atoms with Crippen LogP contribution < -0.4 is 4.74 Å². The van der Waals surface area contributed by atoms with Crippen LogP contribution in [-0.2, 0) is 6.54 Å². The zero-order valence-electron chi connectivity index (χ0n) is 14.8. The molecular formula is C21H17N5O. The Morgan fingerprint density at radius 2 is 2.00 bits per heavy atom. The van der Waals surface area contributed by atoms with Gasteiger partial charge in [0.05, 0.1) is 43.1 Å². The van der Waals surface area contributed by atoms with Gasteiger partial charge in [0.1, 0.15) is 11.8 Å². The molecule has 0 atom stereocenters. The first-order valence-electron chi connectivity index (χ1n) is 8.37. The molecule has 0 unspecified atom stereocenters. The minimum Gasteiger partial charge on any atom is -0.497 e. The molecule has 132 valence electrons. The van der Waals surface area contributed by atoms with Gasteiger partial charge in [-0.1, -0.05) is 6.07 Å². The number of aromatic nitrogens is 3. The number of nitrogens with zero attached hydrogens (tertiary/aromatic N) is 5. The van der Waals surface area contributed by atoms with E-state index in [0.29, 0.717) is 24.2 Å². The highest BCUT2D eigenvalue weighted by atomic mass is 16.5. The van der Waals surface area contributed by atoms with Crippen LogP contribution in [-0.4, -0.2) is 21.9 Å². The average Bonchev–Trinajstić information content (AvgIpc) is 3.13. The first-order chi connectivity index (χ1) is 13.2. The lowest BCUT2D eigenvalue weighted by Crippen LogP contribution is -1.97. The maximum absolute atomic E-state index is 9.57. The standard InChI is InChI=1S/C21H17N5O/c1-27-19-8-6-16(7-9-19)21-18(15-26(25-21)12-4-10-22)13-17(14-23)20-5-2-3-11-24-20/h2-3,5-9,11,13,15H,4,12H2,1H3. The number of rotatable bonds is 6. The molecule has 6 nitrogen and oxygen atoms in total. The van der Waals surface area contributed by atoms with Crippen molar-refractivity contribution in [3.63, 3.8) is 0 Å². The van der Waals surface area contributed by atoms with Crippen LogP contribution >= 0.6 is 0 Å². The first-order valence-corrected chi connectivity index (χ1v) is 8.37. The number of hydrogen-bond acceptors (Lipinski definition) is 5. The quantitative estimate of drug-likeness (QED) is 0.625. The summed E-state index contributed by atoms with van der Waals surface area (Å²) in [5.74, 6) is 0.756. The van der Waals surface area contributed by atoms with E-state index < -0.39 is 0 Å². The summed E-state index contributed by atoms with van der Waals surface area (Å²) in [6.07, 6.45) is 5.63. The molecule has 2 aromatic heterocycles. The molecule has 1 aromatic carbocycles. The van der Waals surface area contributed by atoms with E-state index in [9.17, 15) is 5.26 Å². The Morgan fingerprint density at radius 1 is 1.19 bits per heavy atom. The third kappa shape index (κ3) is 4.20. The highest BCUT2D eigenvalue weighted by Gasteiger charge is 2.12. The van der Waals surface area contributed by atoms with Gasteiger partial charge < -0.3 is 4.74 Å². The van der Waals surface area contributed by atoms with Crippen molar-refractivity contribution in [2.24, 2.45) is 0 Å². The second kappa shape index (κ2) is 8.46. The van der Waals surface area contributed by atoms with Crippen LogP contribution in [0.2, 0.25) is 0 Å². The second-order valence-corrected chi connectivity index (χ2v) is 5.72. The van der Waals surface area contributed by atoms with Crippen LogP contribution in [0.4, 0.5) is 0 Å². The van der Waals surface area contributed by atoms with Gasteiger partial charge in [-0.05, 0) is 42.5 Å². The number of pyridine rings is 1. The molecule has 0 spiro atoms. The van der Waals surface area contributed by atoms with Crippen molar-refractivity contribution in [1.82, 2.24) is 14.8 Å². The van der Waals surface area contributed by atoms with Gasteiger partial charge in [-0.2, -0.15) is 15.6 Å². The summed E-state index contributed by atoms with van der Waals surface area (Å²) in [5, 5.41) is 23.0. The third-order valence-electron chi connectivity index (χ3n) is 3.97. The lowest BCUT2D eigenvalue weighted by molar-refractivity contribution is 0.415. The fraction of sp³-hybridized carbons (Fsp3) is 0.143. The normalized spacial score (nSPS) is 10.9. The monoisotopic (exact) mass is 355 g/mol. The topological polar surface area (TPSA) is 87.5 Å². The third-order valence-corrected chi connectivity index (χ3v) is 3.97. The van der Waals surface area contributed by atoms with Gasteiger partial charge in [0.25, 0.3) is 0 Å². The minimum absolute atomic E-state index is 0.359. The van der Waals surface area contributed by atoms with Crippen molar-refractivity contribution in [1.29, 1.82) is 10.5 Å². The van der Waals surface area contributed by atoms with Crippen LogP contribution in [0.25, 0.3) is 22.9 Å². The van der Waals surface area contributed by atoms with Crippen molar-refractivity contribution < 1.29 is 4.74 Å². The number of benzene rings is 1. The Labute approximate surface area is 157 Å². The molecule has 3 rings (SSSR count). The van der Waals surface area contributed by atoms with E-state index in [2.05, 4.69) is 22.2 Å². The van der Waals surface area contributed by atoms with Gasteiger partial charge in [-0.3, -0.25) is 9.67 Å². The molecule has 0 saturated carbocycles. The molecular weight excluding hydrogens is 338 g/mol. The van der Waals surface area contributed by atoms with Crippen LogP contribution in [0.1, 0.15) is 17.7 Å². The summed E-state index contributed by atoms with van der Waals surface area (Å²) in [7, 11) is 1.62. The smallest absolute Gasteiger partial charge is 0.118 e. The summed E-state index contributed by atoms with van der Waals surface area (Å²) in [4.78, 5) is 4.25. The van der Waals surface area contributed by atoms with Crippen molar-refractivity contribution in [3.8, 4) is 29.1 Å². The van der Waals surface area contributed by atoms with Gasteiger partial charge in [0, 0.05) is 23.5 Å². The molecule has 0 aliphatic rings. The maximum Gasteiger partial charge on any atom is 0.118 e. The predicted molar refractivity (Wildman–Crippen MR) is 102 cm³/mol. The van der Waals surface area contributed by atoms with Gasteiger partial charge >= 0.3 is 0 Å². The molecule has 0 bridgehead atoms. The van der Waals surface area contributed by atoms with Gasteiger partial charge in [-0.25, -0.2) is 0 Å². The minimum atomic E-state index is 0.359. The van der Waals surface area contributed by atoms with E-state index in [1.165, 1.54) is 0 Å². The molecule has 0 aliphatic heterocycles. The molecule has 6 heteroatoms. The summed E-state index contributed by atoms with van der Waals surface area (Å²) in [6, 6.07) is 17.3. The number of ether oxygens (including phenoxy) is 1. The SMILES string of the molecule is COc1ccc(-c2nn(CCC#N)cc2C=C(C#N)c2ccccn2)cc1. The van der Waals surface area contributed by atoms with E-state index in [1.54, 1.807) is 36.2 Å². The summed E-state index contributed by atoms with van der Waals surface area (Å²) >= 11 is 0. The number of allylic oxidation sites excluding steroid dienone is 1. The maximum atomic E-state index is 9.57. The number of aryl methyl sites for hydroxylation is 1. The highest BCUT2D eigenvalue weighted by Crippen LogP contribution is 2.27. The zero-order chi connectivity index (χ0) is 19.1. The second-order valence-electron chi connectivity index (χ2n) is 5.72. The van der Waals surface area contributed by atoms with E-state index in [1.807, 2.05) is 36.5 Å². The van der Waals surface area contributed by atoms with E-state index in [4.69, 9.17) is 10.00 Å². The number of hydrogen-bond donors (Lipinski definition) is 0. The fourth-order valence-corrected chi connectivity index (χ4v) is 2.64. The van der Waals surface area contributed by atoms with Crippen molar-refractivity contribution >= 4 is 11.6 Å². The lowest BCUT2D eigenvalue weighted by atomic mass is 10.0. The molecule has 2 heterocycles. The zero-order valence-corrected chi connectivity index (χ0v) is 14.8. The lowest BCUT2D eigenvalue weighted by Gasteiger charge is -2.03. The van der Waals surface area contributed by atoms with Gasteiger partial charge in [-0.15, -0.1) is 0 Å².